The van der Waals surface area contributed by atoms with Crippen LogP contribution in [0.4, 0.5) is 4.39 Å². The Morgan fingerprint density at radius 3 is 2.70 bits per heavy atom. The van der Waals surface area contributed by atoms with E-state index in [0.717, 1.165) is 57.4 Å². The van der Waals surface area contributed by atoms with Crippen LogP contribution in [0.15, 0.2) is 36.9 Å². The molecule has 0 bridgehead atoms. The lowest BCUT2D eigenvalue weighted by atomic mass is 9.97. The van der Waals surface area contributed by atoms with E-state index in [1.54, 1.807) is 12.1 Å². The molecule has 0 saturated carbocycles. The van der Waals surface area contributed by atoms with Gasteiger partial charge >= 0.3 is 0 Å². The zero-order valence-corrected chi connectivity index (χ0v) is 12.2. The highest BCUT2D eigenvalue weighted by atomic mass is 19.1. The van der Waals surface area contributed by atoms with Crippen molar-refractivity contribution in [3.8, 4) is 0 Å². The van der Waals surface area contributed by atoms with Gasteiger partial charge in [-0.2, -0.15) is 0 Å². The number of hydrogen-bond acceptors (Lipinski definition) is 2. The van der Waals surface area contributed by atoms with Crippen LogP contribution in [-0.2, 0) is 0 Å². The average Bonchev–Trinajstić information content (AvgIpc) is 2.49. The molecule has 20 heavy (non-hydrogen) atoms. The largest absolute Gasteiger partial charge is 0.314 e. The highest BCUT2D eigenvalue weighted by molar-refractivity contribution is 5.21. The van der Waals surface area contributed by atoms with E-state index < -0.39 is 0 Å². The van der Waals surface area contributed by atoms with Gasteiger partial charge < -0.3 is 5.32 Å². The van der Waals surface area contributed by atoms with E-state index in [0.29, 0.717) is 0 Å². The van der Waals surface area contributed by atoms with Crippen molar-refractivity contribution in [2.24, 2.45) is 0 Å². The molecule has 1 aliphatic rings. The summed E-state index contributed by atoms with van der Waals surface area (Å²) < 4.78 is 14.1. The molecule has 2 nitrogen and oxygen atoms in total. The summed E-state index contributed by atoms with van der Waals surface area (Å²) in [5.74, 6) is -0.0697. The number of nitrogens with one attached hydrogen (secondary N) is 1. The summed E-state index contributed by atoms with van der Waals surface area (Å²) in [5, 5.41) is 3.36. The van der Waals surface area contributed by atoms with Crippen LogP contribution in [-0.4, -0.2) is 31.1 Å². The van der Waals surface area contributed by atoms with Gasteiger partial charge in [-0.15, -0.1) is 6.58 Å². The predicted molar refractivity (Wildman–Crippen MR) is 82.2 cm³/mol. The van der Waals surface area contributed by atoms with E-state index in [4.69, 9.17) is 0 Å². The molecule has 1 aromatic rings. The third-order valence-electron chi connectivity index (χ3n) is 3.99. The van der Waals surface area contributed by atoms with Crippen LogP contribution >= 0.6 is 0 Å². The Morgan fingerprint density at radius 1 is 1.25 bits per heavy atom. The van der Waals surface area contributed by atoms with E-state index in [2.05, 4.69) is 16.8 Å². The van der Waals surface area contributed by atoms with Gasteiger partial charge in [-0.1, -0.05) is 30.7 Å². The number of hydrogen-bond donors (Lipinski definition) is 1. The Morgan fingerprint density at radius 2 is 2.00 bits per heavy atom. The van der Waals surface area contributed by atoms with Crippen molar-refractivity contribution in [3.05, 3.63) is 48.3 Å². The quantitative estimate of drug-likeness (QED) is 0.605. The monoisotopic (exact) mass is 276 g/mol. The fraction of sp³-hybridized carbons (Fsp3) is 0.529. The second-order valence-electron chi connectivity index (χ2n) is 5.40. The number of piperazine rings is 1. The van der Waals surface area contributed by atoms with E-state index >= 15 is 0 Å². The first kappa shape index (κ1) is 15.2. The lowest BCUT2D eigenvalue weighted by Crippen LogP contribution is -2.45. The fourth-order valence-electron chi connectivity index (χ4n) is 2.90. The Balaban J connectivity index is 2.06. The normalized spacial score (nSPS) is 17.9. The van der Waals surface area contributed by atoms with Crippen LogP contribution in [0.5, 0.6) is 0 Å². The maximum Gasteiger partial charge on any atom is 0.127 e. The third-order valence-corrected chi connectivity index (χ3v) is 3.99. The van der Waals surface area contributed by atoms with Crippen LogP contribution in [0.2, 0.25) is 0 Å². The van der Waals surface area contributed by atoms with E-state index in [1.165, 1.54) is 0 Å². The molecular weight excluding hydrogens is 251 g/mol. The molecule has 0 amide bonds. The fourth-order valence-corrected chi connectivity index (χ4v) is 2.90. The predicted octanol–water partition coefficient (Wildman–Crippen LogP) is 3.52. The summed E-state index contributed by atoms with van der Waals surface area (Å²) in [6.07, 6.45) is 6.29. The highest BCUT2D eigenvalue weighted by Gasteiger charge is 2.23. The summed E-state index contributed by atoms with van der Waals surface area (Å²) in [5.41, 5.74) is 0.855. The first-order valence-electron chi connectivity index (χ1n) is 7.63. The molecule has 0 unspecified atom stereocenters. The smallest absolute Gasteiger partial charge is 0.127 e. The SMILES string of the molecule is C=CCCCC[C@@H](c1ccccc1F)N1CCNCC1. The van der Waals surface area contributed by atoms with Gasteiger partial charge in [0, 0.05) is 37.8 Å². The van der Waals surface area contributed by atoms with Crippen LogP contribution < -0.4 is 5.32 Å². The first-order chi connectivity index (χ1) is 9.83. The molecule has 1 N–H and O–H groups in total. The van der Waals surface area contributed by atoms with Crippen molar-refractivity contribution >= 4 is 0 Å². The van der Waals surface area contributed by atoms with Crippen LogP contribution in [0.1, 0.15) is 37.3 Å². The minimum absolute atomic E-state index is 0.0697. The number of halogens is 1. The molecule has 0 spiro atoms. The van der Waals surface area contributed by atoms with Gasteiger partial charge in [-0.25, -0.2) is 4.39 Å². The van der Waals surface area contributed by atoms with E-state index in [1.807, 2.05) is 18.2 Å². The van der Waals surface area contributed by atoms with E-state index in [9.17, 15) is 4.39 Å². The third kappa shape index (κ3) is 4.15. The van der Waals surface area contributed by atoms with Crippen molar-refractivity contribution in [1.82, 2.24) is 10.2 Å². The average molecular weight is 276 g/mol. The molecule has 1 heterocycles. The lowest BCUT2D eigenvalue weighted by Gasteiger charge is -2.35. The van der Waals surface area contributed by atoms with Gasteiger partial charge in [-0.05, 0) is 25.3 Å². The zero-order valence-electron chi connectivity index (χ0n) is 12.2. The molecule has 3 heteroatoms. The minimum atomic E-state index is -0.0697. The molecule has 0 aromatic heterocycles. The van der Waals surface area contributed by atoms with Gasteiger partial charge in [0.15, 0.2) is 0 Å². The van der Waals surface area contributed by atoms with Crippen molar-refractivity contribution in [2.45, 2.75) is 31.7 Å². The second kappa shape index (κ2) is 8.18. The number of unbranched alkanes of at least 4 members (excludes halogenated alkanes) is 2. The summed E-state index contributed by atoms with van der Waals surface area (Å²) in [6, 6.07) is 7.44. The standard InChI is InChI=1S/C17H25FN2/c1-2-3-4-5-10-17(20-13-11-19-12-14-20)15-8-6-7-9-16(15)18/h2,6-9,17,19H,1,3-5,10-14H2/t17-/m0/s1. The molecule has 2 rings (SSSR count). The van der Waals surface area contributed by atoms with Crippen LogP contribution in [0, 0.1) is 5.82 Å². The number of benzene rings is 1. The Hall–Kier alpha value is -1.19. The molecule has 0 aliphatic carbocycles. The number of rotatable bonds is 7. The molecular formula is C17H25FN2. The summed E-state index contributed by atoms with van der Waals surface area (Å²) >= 11 is 0. The Labute approximate surface area is 121 Å². The van der Waals surface area contributed by atoms with Gasteiger partial charge in [0.2, 0.25) is 0 Å². The number of allylic oxidation sites excluding steroid dienone is 1. The molecule has 1 fully saturated rings. The first-order valence-corrected chi connectivity index (χ1v) is 7.63. The molecule has 1 atom stereocenters. The lowest BCUT2D eigenvalue weighted by molar-refractivity contribution is 0.160. The molecule has 1 saturated heterocycles. The van der Waals surface area contributed by atoms with Crippen LogP contribution in [0.25, 0.3) is 0 Å². The second-order valence-corrected chi connectivity index (χ2v) is 5.40. The Bertz CT molecular complexity index is 413. The highest BCUT2D eigenvalue weighted by Crippen LogP contribution is 2.28. The van der Waals surface area contributed by atoms with Gasteiger partial charge in [0.1, 0.15) is 5.82 Å². The van der Waals surface area contributed by atoms with Crippen molar-refractivity contribution < 1.29 is 4.39 Å². The molecule has 0 radical (unpaired) electrons. The molecule has 1 aliphatic heterocycles. The summed E-state index contributed by atoms with van der Waals surface area (Å²) in [4.78, 5) is 2.42. The molecule has 1 aromatic carbocycles. The minimum Gasteiger partial charge on any atom is -0.314 e. The van der Waals surface area contributed by atoms with Crippen molar-refractivity contribution in [3.63, 3.8) is 0 Å². The number of nitrogens with zero attached hydrogens (tertiary/aromatic N) is 1. The maximum atomic E-state index is 14.1. The summed E-state index contributed by atoms with van der Waals surface area (Å²) in [6.45, 7) is 7.76. The van der Waals surface area contributed by atoms with Crippen LogP contribution in [0.3, 0.4) is 0 Å². The topological polar surface area (TPSA) is 15.3 Å². The van der Waals surface area contributed by atoms with Crippen molar-refractivity contribution in [1.29, 1.82) is 0 Å². The maximum absolute atomic E-state index is 14.1. The molecule has 110 valence electrons. The van der Waals surface area contributed by atoms with Gasteiger partial charge in [-0.3, -0.25) is 4.90 Å². The summed E-state index contributed by atoms with van der Waals surface area (Å²) in [7, 11) is 0. The van der Waals surface area contributed by atoms with Crippen molar-refractivity contribution in [2.75, 3.05) is 26.2 Å². The van der Waals surface area contributed by atoms with E-state index in [-0.39, 0.29) is 11.9 Å². The Kier molecular flexibility index (Phi) is 6.22. The zero-order chi connectivity index (χ0) is 14.2. The van der Waals surface area contributed by atoms with Gasteiger partial charge in [0.05, 0.1) is 0 Å². The van der Waals surface area contributed by atoms with Gasteiger partial charge in [0.25, 0.3) is 0 Å².